The first-order valence-corrected chi connectivity index (χ1v) is 9.95. The SMILES string of the molecule is CNC(=O)CCNC(=O)[C@@H]1C[C@@H]2CCCC[C@H]2N1C(=O)c1cccc(Cl)c1. The monoisotopic (exact) mass is 391 g/mol. The number of halogens is 1. The number of nitrogens with zero attached hydrogens (tertiary/aromatic N) is 1. The van der Waals surface area contributed by atoms with Gasteiger partial charge >= 0.3 is 0 Å². The predicted molar refractivity (Wildman–Crippen MR) is 103 cm³/mol. The zero-order valence-corrected chi connectivity index (χ0v) is 16.3. The number of rotatable bonds is 5. The largest absolute Gasteiger partial charge is 0.359 e. The van der Waals surface area contributed by atoms with Gasteiger partial charge < -0.3 is 15.5 Å². The lowest BCUT2D eigenvalue weighted by molar-refractivity contribution is -0.125. The van der Waals surface area contributed by atoms with Crippen LogP contribution in [0.25, 0.3) is 0 Å². The van der Waals surface area contributed by atoms with Crippen molar-refractivity contribution < 1.29 is 14.4 Å². The second kappa shape index (κ2) is 8.74. The molecule has 0 bridgehead atoms. The lowest BCUT2D eigenvalue weighted by Gasteiger charge is -2.33. The van der Waals surface area contributed by atoms with Crippen molar-refractivity contribution >= 4 is 29.3 Å². The summed E-state index contributed by atoms with van der Waals surface area (Å²) in [6.45, 7) is 0.267. The van der Waals surface area contributed by atoms with Gasteiger partial charge in [-0.1, -0.05) is 30.5 Å². The van der Waals surface area contributed by atoms with Gasteiger partial charge in [0.25, 0.3) is 5.91 Å². The van der Waals surface area contributed by atoms with Crippen LogP contribution >= 0.6 is 11.6 Å². The Hall–Kier alpha value is -2.08. The fourth-order valence-corrected chi connectivity index (χ4v) is 4.49. The van der Waals surface area contributed by atoms with Gasteiger partial charge in [-0.2, -0.15) is 0 Å². The number of hydrogen-bond acceptors (Lipinski definition) is 3. The minimum atomic E-state index is -0.491. The minimum absolute atomic E-state index is 0.0972. The normalized spacial score (nSPS) is 24.2. The van der Waals surface area contributed by atoms with Crippen LogP contribution in [0.1, 0.15) is 48.9 Å². The van der Waals surface area contributed by atoms with Crippen molar-refractivity contribution in [3.8, 4) is 0 Å². The highest BCUT2D eigenvalue weighted by atomic mass is 35.5. The van der Waals surface area contributed by atoms with Gasteiger partial charge in [0.15, 0.2) is 0 Å². The van der Waals surface area contributed by atoms with Crippen molar-refractivity contribution in [1.82, 2.24) is 15.5 Å². The van der Waals surface area contributed by atoms with E-state index in [1.54, 1.807) is 36.2 Å². The Bertz CT molecular complexity index is 724. The molecule has 0 radical (unpaired) electrons. The molecule has 3 rings (SSSR count). The van der Waals surface area contributed by atoms with Crippen molar-refractivity contribution in [2.45, 2.75) is 50.6 Å². The maximum Gasteiger partial charge on any atom is 0.254 e. The van der Waals surface area contributed by atoms with Crippen LogP contribution < -0.4 is 10.6 Å². The van der Waals surface area contributed by atoms with Gasteiger partial charge in [-0.25, -0.2) is 0 Å². The van der Waals surface area contributed by atoms with Gasteiger partial charge in [-0.15, -0.1) is 0 Å². The van der Waals surface area contributed by atoms with Crippen molar-refractivity contribution in [2.75, 3.05) is 13.6 Å². The smallest absolute Gasteiger partial charge is 0.254 e. The maximum absolute atomic E-state index is 13.2. The lowest BCUT2D eigenvalue weighted by Crippen LogP contribution is -2.50. The quantitative estimate of drug-likeness (QED) is 0.808. The molecule has 0 spiro atoms. The van der Waals surface area contributed by atoms with Crippen LogP contribution in [0.3, 0.4) is 0 Å². The van der Waals surface area contributed by atoms with Crippen LogP contribution in [0.2, 0.25) is 5.02 Å². The van der Waals surface area contributed by atoms with Crippen LogP contribution in [0.5, 0.6) is 0 Å². The molecule has 2 fully saturated rings. The van der Waals surface area contributed by atoms with Crippen LogP contribution in [-0.4, -0.2) is 48.3 Å². The summed E-state index contributed by atoms with van der Waals surface area (Å²) in [7, 11) is 1.57. The van der Waals surface area contributed by atoms with E-state index in [0.29, 0.717) is 22.9 Å². The zero-order valence-electron chi connectivity index (χ0n) is 15.5. The standard InChI is InChI=1S/C20H26ClN3O3/c1-22-18(25)9-10-23-19(26)17-12-13-5-2-3-8-16(13)24(17)20(27)14-6-4-7-15(21)11-14/h4,6-7,11,13,16-17H,2-3,5,8-10,12H2,1H3,(H,22,25)(H,23,26)/t13-,16+,17-/m0/s1. The van der Waals surface area contributed by atoms with Gasteiger partial charge in [0.1, 0.15) is 6.04 Å². The highest BCUT2D eigenvalue weighted by Gasteiger charge is 2.47. The Morgan fingerprint density at radius 1 is 1.22 bits per heavy atom. The fraction of sp³-hybridized carbons (Fsp3) is 0.550. The predicted octanol–water partition coefficient (Wildman–Crippen LogP) is 2.37. The second-order valence-electron chi connectivity index (χ2n) is 7.30. The number of likely N-dealkylation sites (tertiary alicyclic amines) is 1. The van der Waals surface area contributed by atoms with E-state index in [0.717, 1.165) is 25.7 Å². The van der Waals surface area contributed by atoms with Crippen LogP contribution in [0, 0.1) is 5.92 Å². The Kier molecular flexibility index (Phi) is 6.37. The van der Waals surface area contributed by atoms with Crippen LogP contribution in [0.4, 0.5) is 0 Å². The van der Waals surface area contributed by atoms with E-state index < -0.39 is 6.04 Å². The van der Waals surface area contributed by atoms with Gasteiger partial charge in [0.2, 0.25) is 11.8 Å². The summed E-state index contributed by atoms with van der Waals surface area (Å²) < 4.78 is 0. The van der Waals surface area contributed by atoms with Crippen molar-refractivity contribution in [3.05, 3.63) is 34.9 Å². The highest BCUT2D eigenvalue weighted by Crippen LogP contribution is 2.40. The Morgan fingerprint density at radius 2 is 2.00 bits per heavy atom. The molecule has 3 atom stereocenters. The molecule has 1 saturated carbocycles. The first-order valence-electron chi connectivity index (χ1n) is 9.57. The summed E-state index contributed by atoms with van der Waals surface area (Å²) in [6, 6.07) is 6.48. The molecular formula is C20H26ClN3O3. The molecule has 27 heavy (non-hydrogen) atoms. The van der Waals surface area contributed by atoms with Crippen LogP contribution in [-0.2, 0) is 9.59 Å². The molecule has 7 heteroatoms. The molecule has 146 valence electrons. The molecule has 1 heterocycles. The van der Waals surface area contributed by atoms with Crippen molar-refractivity contribution in [1.29, 1.82) is 0 Å². The third kappa shape index (κ3) is 4.43. The van der Waals surface area contributed by atoms with E-state index >= 15 is 0 Å². The van der Waals surface area contributed by atoms with E-state index in [9.17, 15) is 14.4 Å². The molecule has 1 aromatic rings. The maximum atomic E-state index is 13.2. The number of carbonyl (C=O) groups excluding carboxylic acids is 3. The zero-order chi connectivity index (χ0) is 19.4. The number of amides is 3. The minimum Gasteiger partial charge on any atom is -0.359 e. The molecule has 6 nitrogen and oxygen atoms in total. The molecule has 1 aliphatic carbocycles. The number of fused-ring (bicyclic) bond motifs is 1. The van der Waals surface area contributed by atoms with Gasteiger partial charge in [0, 0.05) is 36.6 Å². The average molecular weight is 392 g/mol. The number of benzene rings is 1. The summed E-state index contributed by atoms with van der Waals surface area (Å²) >= 11 is 6.06. The molecular weight excluding hydrogens is 366 g/mol. The van der Waals surface area contributed by atoms with E-state index in [1.807, 2.05) is 0 Å². The van der Waals surface area contributed by atoms with Gasteiger partial charge in [-0.05, 0) is 43.4 Å². The van der Waals surface area contributed by atoms with Gasteiger partial charge in [0.05, 0.1) is 0 Å². The summed E-state index contributed by atoms with van der Waals surface area (Å²) in [5.41, 5.74) is 0.511. The first-order chi connectivity index (χ1) is 13.0. The third-order valence-electron chi connectivity index (χ3n) is 5.63. The molecule has 0 aromatic heterocycles. The van der Waals surface area contributed by atoms with Crippen molar-refractivity contribution in [3.63, 3.8) is 0 Å². The molecule has 1 saturated heterocycles. The average Bonchev–Trinajstić information content (AvgIpc) is 3.06. The summed E-state index contributed by atoms with van der Waals surface area (Å²) in [6.07, 6.45) is 5.11. The first kappa shape index (κ1) is 19.7. The topological polar surface area (TPSA) is 78.5 Å². The summed E-state index contributed by atoms with van der Waals surface area (Å²) in [4.78, 5) is 39.2. The lowest BCUT2D eigenvalue weighted by atomic mass is 9.84. The third-order valence-corrected chi connectivity index (χ3v) is 5.86. The Morgan fingerprint density at radius 3 is 2.74 bits per heavy atom. The summed E-state index contributed by atoms with van der Waals surface area (Å²) in [5.74, 6) is -0.0825. The van der Waals surface area contributed by atoms with Crippen LogP contribution in [0.15, 0.2) is 24.3 Å². The Balaban J connectivity index is 1.77. The Labute approximate surface area is 164 Å². The molecule has 0 unspecified atom stereocenters. The fourth-order valence-electron chi connectivity index (χ4n) is 4.30. The highest BCUT2D eigenvalue weighted by molar-refractivity contribution is 6.31. The number of hydrogen-bond donors (Lipinski definition) is 2. The van der Waals surface area contributed by atoms with E-state index in [1.165, 1.54) is 0 Å². The molecule has 1 aliphatic heterocycles. The van der Waals surface area contributed by atoms with Crippen molar-refractivity contribution in [2.24, 2.45) is 5.92 Å². The number of nitrogens with one attached hydrogen (secondary N) is 2. The molecule has 3 amide bonds. The molecule has 2 aliphatic rings. The van der Waals surface area contributed by atoms with E-state index in [2.05, 4.69) is 10.6 Å². The molecule has 2 N–H and O–H groups in total. The van der Waals surface area contributed by atoms with Gasteiger partial charge in [-0.3, -0.25) is 14.4 Å². The number of carbonyl (C=O) groups is 3. The molecule has 1 aromatic carbocycles. The van der Waals surface area contributed by atoms with E-state index in [4.69, 9.17) is 11.6 Å². The van der Waals surface area contributed by atoms with E-state index in [-0.39, 0.29) is 36.7 Å². The second-order valence-corrected chi connectivity index (χ2v) is 7.74. The summed E-state index contributed by atoms with van der Waals surface area (Å²) in [5, 5.41) is 5.87.